The van der Waals surface area contributed by atoms with Crippen LogP contribution in [0.1, 0.15) is 15.9 Å². The number of nitrogens with zero attached hydrogens (tertiary/aromatic N) is 2. The van der Waals surface area contributed by atoms with Crippen molar-refractivity contribution in [1.29, 1.82) is 0 Å². The van der Waals surface area contributed by atoms with Crippen LogP contribution in [0.5, 0.6) is 5.75 Å². The van der Waals surface area contributed by atoms with Crippen molar-refractivity contribution in [2.24, 2.45) is 0 Å². The fourth-order valence-electron chi connectivity index (χ4n) is 2.77. The lowest BCUT2D eigenvalue weighted by Crippen LogP contribution is -2.12. The molecule has 0 saturated carbocycles. The lowest BCUT2D eigenvalue weighted by Gasteiger charge is -2.08. The monoisotopic (exact) mass is 335 g/mol. The third-order valence-electron chi connectivity index (χ3n) is 3.99. The predicted molar refractivity (Wildman–Crippen MR) is 91.0 cm³/mol. The van der Waals surface area contributed by atoms with E-state index in [0.29, 0.717) is 17.9 Å². The first-order chi connectivity index (χ1) is 12.2. The number of rotatable bonds is 3. The number of anilines is 1. The molecule has 5 nitrogen and oxygen atoms in total. The second-order valence-corrected chi connectivity index (χ2v) is 5.73. The Morgan fingerprint density at radius 3 is 2.80 bits per heavy atom. The molecule has 3 heterocycles. The maximum Gasteiger partial charge on any atom is 0.257 e. The topological polar surface area (TPSA) is 64.1 Å². The minimum absolute atomic E-state index is 0.296. The number of hydrogen-bond donors (Lipinski definition) is 1. The van der Waals surface area contributed by atoms with Gasteiger partial charge in [-0.05, 0) is 29.3 Å². The number of benzene rings is 1. The van der Waals surface area contributed by atoms with E-state index >= 15 is 0 Å². The van der Waals surface area contributed by atoms with E-state index in [4.69, 9.17) is 4.74 Å². The van der Waals surface area contributed by atoms with Crippen molar-refractivity contribution >= 4 is 11.6 Å². The van der Waals surface area contributed by atoms with Crippen LogP contribution in [0.25, 0.3) is 11.1 Å². The zero-order valence-corrected chi connectivity index (χ0v) is 13.2. The highest BCUT2D eigenvalue weighted by Crippen LogP contribution is 2.30. The number of carbonyl (C=O) groups excluding carboxylic acids is 1. The Kier molecular flexibility index (Phi) is 3.85. The van der Waals surface area contributed by atoms with Gasteiger partial charge in [0, 0.05) is 30.4 Å². The van der Waals surface area contributed by atoms with Crippen LogP contribution in [0.3, 0.4) is 0 Å². The average molecular weight is 335 g/mol. The number of hydrogen-bond acceptors (Lipinski definition) is 4. The zero-order chi connectivity index (χ0) is 17.2. The highest BCUT2D eigenvalue weighted by atomic mass is 19.1. The van der Waals surface area contributed by atoms with Gasteiger partial charge in [0.2, 0.25) is 0 Å². The van der Waals surface area contributed by atoms with E-state index in [-0.39, 0.29) is 5.91 Å². The van der Waals surface area contributed by atoms with Crippen LogP contribution in [0.4, 0.5) is 10.1 Å². The maximum atomic E-state index is 13.2. The number of nitrogens with one attached hydrogen (secondary N) is 1. The van der Waals surface area contributed by atoms with Gasteiger partial charge in [-0.3, -0.25) is 14.8 Å². The lowest BCUT2D eigenvalue weighted by molar-refractivity contribution is 0.102. The number of aromatic nitrogens is 2. The molecule has 0 unspecified atom stereocenters. The summed E-state index contributed by atoms with van der Waals surface area (Å²) in [6.45, 7) is 0.696. The first-order valence-electron chi connectivity index (χ1n) is 7.82. The molecular formula is C19H14FN3O2. The molecule has 0 atom stereocenters. The van der Waals surface area contributed by atoms with Gasteiger partial charge in [0.05, 0.1) is 30.3 Å². The summed E-state index contributed by atoms with van der Waals surface area (Å²) in [6.07, 6.45) is 6.53. The van der Waals surface area contributed by atoms with Crippen LogP contribution < -0.4 is 10.1 Å². The number of halogens is 1. The zero-order valence-electron chi connectivity index (χ0n) is 13.2. The average Bonchev–Trinajstić information content (AvgIpc) is 3.09. The van der Waals surface area contributed by atoms with Gasteiger partial charge in [-0.2, -0.15) is 0 Å². The fourth-order valence-corrected chi connectivity index (χ4v) is 2.77. The van der Waals surface area contributed by atoms with Gasteiger partial charge in [0.1, 0.15) is 11.6 Å². The maximum absolute atomic E-state index is 13.2. The molecule has 1 amide bonds. The van der Waals surface area contributed by atoms with Crippen molar-refractivity contribution < 1.29 is 13.9 Å². The first-order valence-corrected chi connectivity index (χ1v) is 7.82. The number of carbonyl (C=O) groups is 1. The van der Waals surface area contributed by atoms with Crippen molar-refractivity contribution in [3.05, 3.63) is 72.1 Å². The molecule has 0 aliphatic carbocycles. The third-order valence-corrected chi connectivity index (χ3v) is 3.99. The summed E-state index contributed by atoms with van der Waals surface area (Å²) in [5, 5.41) is 2.62. The summed E-state index contributed by atoms with van der Waals surface area (Å²) in [6, 6.07) is 8.90. The molecule has 124 valence electrons. The van der Waals surface area contributed by atoms with E-state index in [2.05, 4.69) is 21.4 Å². The smallest absolute Gasteiger partial charge is 0.257 e. The number of amides is 1. The first kappa shape index (κ1) is 15.3. The molecule has 0 bridgehead atoms. The van der Waals surface area contributed by atoms with E-state index < -0.39 is 5.82 Å². The lowest BCUT2D eigenvalue weighted by atomic mass is 10.0. The summed E-state index contributed by atoms with van der Waals surface area (Å²) in [7, 11) is 0. The van der Waals surface area contributed by atoms with E-state index in [1.165, 1.54) is 18.5 Å². The van der Waals surface area contributed by atoms with Gasteiger partial charge in [0.25, 0.3) is 5.91 Å². The van der Waals surface area contributed by atoms with Crippen LogP contribution in [0.2, 0.25) is 0 Å². The van der Waals surface area contributed by atoms with E-state index in [9.17, 15) is 9.18 Å². The van der Waals surface area contributed by atoms with Crippen LogP contribution in [-0.2, 0) is 6.42 Å². The number of pyridine rings is 2. The summed E-state index contributed by atoms with van der Waals surface area (Å²) in [4.78, 5) is 20.2. The Morgan fingerprint density at radius 2 is 1.92 bits per heavy atom. The van der Waals surface area contributed by atoms with Gasteiger partial charge in [0.15, 0.2) is 0 Å². The van der Waals surface area contributed by atoms with Crippen molar-refractivity contribution in [3.8, 4) is 16.9 Å². The summed E-state index contributed by atoms with van der Waals surface area (Å²) >= 11 is 0. The van der Waals surface area contributed by atoms with E-state index in [1.807, 2.05) is 12.1 Å². The second-order valence-electron chi connectivity index (χ2n) is 5.73. The number of fused-ring (bicyclic) bond motifs is 1. The standard InChI is InChI=1S/C19H14FN3O2/c20-16-7-17(11-22-10-16)23-19(24)15-6-14(8-21-9-15)12-1-2-18-13(5-12)3-4-25-18/h1-2,5-11H,3-4H2,(H,23,24). The molecule has 6 heteroatoms. The Hall–Kier alpha value is -3.28. The van der Waals surface area contributed by atoms with Crippen molar-refractivity contribution in [2.45, 2.75) is 6.42 Å². The summed E-state index contributed by atoms with van der Waals surface area (Å²) in [5.74, 6) is 0.0282. The third kappa shape index (κ3) is 3.19. The van der Waals surface area contributed by atoms with Crippen LogP contribution in [0, 0.1) is 5.82 Å². The molecule has 0 saturated heterocycles. The molecule has 3 aromatic rings. The Balaban J connectivity index is 1.60. The molecular weight excluding hydrogens is 321 g/mol. The highest BCUT2D eigenvalue weighted by molar-refractivity contribution is 6.04. The SMILES string of the molecule is O=C(Nc1cncc(F)c1)c1cncc(-c2ccc3c(c2)CCO3)c1. The van der Waals surface area contributed by atoms with Gasteiger partial charge >= 0.3 is 0 Å². The van der Waals surface area contributed by atoms with Gasteiger partial charge in [-0.15, -0.1) is 0 Å². The molecule has 1 aliphatic rings. The molecule has 1 aliphatic heterocycles. The van der Waals surface area contributed by atoms with E-state index in [0.717, 1.165) is 35.1 Å². The van der Waals surface area contributed by atoms with Gasteiger partial charge in [-0.1, -0.05) is 6.07 Å². The molecule has 0 radical (unpaired) electrons. The molecule has 0 spiro atoms. The predicted octanol–water partition coefficient (Wildman–Crippen LogP) is 3.47. The molecule has 1 aromatic carbocycles. The van der Waals surface area contributed by atoms with Crippen molar-refractivity contribution in [2.75, 3.05) is 11.9 Å². The van der Waals surface area contributed by atoms with Gasteiger partial charge in [-0.25, -0.2) is 4.39 Å². The number of ether oxygens (including phenoxy) is 1. The Morgan fingerprint density at radius 1 is 1.04 bits per heavy atom. The minimum Gasteiger partial charge on any atom is -0.493 e. The summed E-state index contributed by atoms with van der Waals surface area (Å²) < 4.78 is 18.7. The molecule has 1 N–H and O–H groups in total. The minimum atomic E-state index is -0.509. The largest absolute Gasteiger partial charge is 0.493 e. The molecule has 4 rings (SSSR count). The van der Waals surface area contributed by atoms with Gasteiger partial charge < -0.3 is 10.1 Å². The van der Waals surface area contributed by atoms with Crippen molar-refractivity contribution in [3.63, 3.8) is 0 Å². The highest BCUT2D eigenvalue weighted by Gasteiger charge is 2.14. The summed E-state index contributed by atoms with van der Waals surface area (Å²) in [5.41, 5.74) is 3.64. The Bertz CT molecular complexity index is 959. The molecule has 0 fully saturated rings. The molecule has 25 heavy (non-hydrogen) atoms. The Labute approximate surface area is 143 Å². The van der Waals surface area contributed by atoms with Crippen LogP contribution >= 0.6 is 0 Å². The second kappa shape index (κ2) is 6.32. The normalized spacial score (nSPS) is 12.4. The quantitative estimate of drug-likeness (QED) is 0.796. The molecule has 2 aromatic heterocycles. The fraction of sp³-hybridized carbons (Fsp3) is 0.105. The van der Waals surface area contributed by atoms with Crippen LogP contribution in [-0.4, -0.2) is 22.5 Å². The van der Waals surface area contributed by atoms with E-state index in [1.54, 1.807) is 12.3 Å². The van der Waals surface area contributed by atoms with Crippen LogP contribution in [0.15, 0.2) is 55.1 Å². The van der Waals surface area contributed by atoms with Crippen molar-refractivity contribution in [1.82, 2.24) is 9.97 Å².